The van der Waals surface area contributed by atoms with Gasteiger partial charge in [0, 0.05) is 24.2 Å². The molecule has 0 spiro atoms. The van der Waals surface area contributed by atoms with Crippen LogP contribution in [0.3, 0.4) is 0 Å². The Morgan fingerprint density at radius 2 is 2.07 bits per heavy atom. The highest BCUT2D eigenvalue weighted by Gasteiger charge is 2.31. The lowest BCUT2D eigenvalue weighted by Crippen LogP contribution is -2.38. The Balaban J connectivity index is 2.68. The SMILES string of the molecule is CCC1CCC(C)N1C(=O)/C=C/C(=O)O. The minimum atomic E-state index is -1.08. The van der Waals surface area contributed by atoms with Crippen molar-refractivity contribution >= 4 is 11.9 Å². The van der Waals surface area contributed by atoms with Gasteiger partial charge in [-0.15, -0.1) is 0 Å². The van der Waals surface area contributed by atoms with Crippen molar-refractivity contribution < 1.29 is 14.7 Å². The number of carbonyl (C=O) groups excluding carboxylic acids is 1. The first-order chi connectivity index (χ1) is 7.06. The van der Waals surface area contributed by atoms with Crippen LogP contribution < -0.4 is 0 Å². The van der Waals surface area contributed by atoms with Crippen LogP contribution >= 0.6 is 0 Å². The summed E-state index contributed by atoms with van der Waals surface area (Å²) in [4.78, 5) is 23.8. The van der Waals surface area contributed by atoms with E-state index >= 15 is 0 Å². The van der Waals surface area contributed by atoms with Gasteiger partial charge in [-0.05, 0) is 26.2 Å². The van der Waals surface area contributed by atoms with Gasteiger partial charge in [0.15, 0.2) is 0 Å². The van der Waals surface area contributed by atoms with Crippen LogP contribution in [0, 0.1) is 0 Å². The molecule has 1 N–H and O–H groups in total. The number of likely N-dealkylation sites (tertiary alicyclic amines) is 1. The highest BCUT2D eigenvalue weighted by atomic mass is 16.4. The number of carboxylic acids is 1. The molecule has 1 aliphatic heterocycles. The minimum absolute atomic E-state index is 0.186. The van der Waals surface area contributed by atoms with Crippen LogP contribution in [0.5, 0.6) is 0 Å². The smallest absolute Gasteiger partial charge is 0.328 e. The molecular formula is C11H17NO3. The molecule has 1 amide bonds. The van der Waals surface area contributed by atoms with Gasteiger partial charge in [-0.3, -0.25) is 4.79 Å². The van der Waals surface area contributed by atoms with Gasteiger partial charge < -0.3 is 10.0 Å². The van der Waals surface area contributed by atoms with Crippen molar-refractivity contribution in [2.45, 2.75) is 45.2 Å². The predicted molar refractivity (Wildman–Crippen MR) is 56.4 cm³/mol. The Kier molecular flexibility index (Phi) is 3.88. The van der Waals surface area contributed by atoms with E-state index in [2.05, 4.69) is 0 Å². The lowest BCUT2D eigenvalue weighted by atomic mass is 10.1. The van der Waals surface area contributed by atoms with E-state index in [9.17, 15) is 9.59 Å². The molecule has 0 aromatic rings. The molecule has 1 heterocycles. The van der Waals surface area contributed by atoms with E-state index in [1.807, 2.05) is 13.8 Å². The van der Waals surface area contributed by atoms with Crippen LogP contribution in [-0.4, -0.2) is 34.0 Å². The average molecular weight is 211 g/mol. The van der Waals surface area contributed by atoms with Crippen molar-refractivity contribution in [3.63, 3.8) is 0 Å². The van der Waals surface area contributed by atoms with Crippen molar-refractivity contribution in [1.29, 1.82) is 0 Å². The standard InChI is InChI=1S/C11H17NO3/c1-3-9-5-4-8(2)12(9)10(13)6-7-11(14)15/h6-9H,3-5H2,1-2H3,(H,14,15)/b7-6+. The van der Waals surface area contributed by atoms with E-state index in [1.165, 1.54) is 0 Å². The zero-order chi connectivity index (χ0) is 11.4. The molecule has 1 saturated heterocycles. The maximum Gasteiger partial charge on any atom is 0.328 e. The highest BCUT2D eigenvalue weighted by Crippen LogP contribution is 2.26. The second-order valence-corrected chi connectivity index (χ2v) is 3.91. The largest absolute Gasteiger partial charge is 0.478 e. The second-order valence-electron chi connectivity index (χ2n) is 3.91. The van der Waals surface area contributed by atoms with Gasteiger partial charge in [0.25, 0.3) is 0 Å². The molecule has 4 nitrogen and oxygen atoms in total. The van der Waals surface area contributed by atoms with Crippen molar-refractivity contribution in [1.82, 2.24) is 4.90 Å². The van der Waals surface area contributed by atoms with E-state index in [0.29, 0.717) is 0 Å². The average Bonchev–Trinajstić information content (AvgIpc) is 2.56. The molecule has 0 bridgehead atoms. The maximum absolute atomic E-state index is 11.7. The lowest BCUT2D eigenvalue weighted by Gasteiger charge is -2.26. The Morgan fingerprint density at radius 1 is 1.40 bits per heavy atom. The zero-order valence-corrected chi connectivity index (χ0v) is 9.14. The first-order valence-corrected chi connectivity index (χ1v) is 5.29. The maximum atomic E-state index is 11.7. The molecule has 0 aromatic heterocycles. The Bertz CT molecular complexity index is 286. The molecule has 2 atom stereocenters. The van der Waals surface area contributed by atoms with E-state index < -0.39 is 5.97 Å². The summed E-state index contributed by atoms with van der Waals surface area (Å²) in [7, 11) is 0. The Labute approximate surface area is 89.6 Å². The monoisotopic (exact) mass is 211 g/mol. The topological polar surface area (TPSA) is 57.6 Å². The summed E-state index contributed by atoms with van der Waals surface area (Å²) >= 11 is 0. The number of aliphatic carboxylic acids is 1. The molecular weight excluding hydrogens is 194 g/mol. The molecule has 15 heavy (non-hydrogen) atoms. The number of amides is 1. The Hall–Kier alpha value is -1.32. The first kappa shape index (κ1) is 11.8. The van der Waals surface area contributed by atoms with Crippen LogP contribution in [0.2, 0.25) is 0 Å². The molecule has 0 saturated carbocycles. The van der Waals surface area contributed by atoms with Gasteiger partial charge in [-0.1, -0.05) is 6.92 Å². The molecule has 1 fully saturated rings. The zero-order valence-electron chi connectivity index (χ0n) is 9.14. The predicted octanol–water partition coefficient (Wildman–Crippen LogP) is 1.42. The van der Waals surface area contributed by atoms with Gasteiger partial charge in [0.1, 0.15) is 0 Å². The highest BCUT2D eigenvalue weighted by molar-refractivity contribution is 5.94. The second kappa shape index (κ2) is 4.96. The summed E-state index contributed by atoms with van der Waals surface area (Å²) in [6, 6.07) is 0.492. The van der Waals surface area contributed by atoms with Gasteiger partial charge in [0.2, 0.25) is 5.91 Å². The van der Waals surface area contributed by atoms with E-state index in [1.54, 1.807) is 4.90 Å². The van der Waals surface area contributed by atoms with Crippen LogP contribution in [0.4, 0.5) is 0 Å². The molecule has 2 unspecified atom stereocenters. The number of hydrogen-bond acceptors (Lipinski definition) is 2. The fourth-order valence-corrected chi connectivity index (χ4v) is 2.10. The van der Waals surface area contributed by atoms with Gasteiger partial charge >= 0.3 is 5.97 Å². The normalized spacial score (nSPS) is 26.1. The molecule has 0 aromatic carbocycles. The fraction of sp³-hybridized carbons (Fsp3) is 0.636. The van der Waals surface area contributed by atoms with Crippen molar-refractivity contribution in [2.75, 3.05) is 0 Å². The van der Waals surface area contributed by atoms with Crippen LogP contribution in [0.15, 0.2) is 12.2 Å². The van der Waals surface area contributed by atoms with Crippen molar-refractivity contribution in [3.8, 4) is 0 Å². The van der Waals surface area contributed by atoms with E-state index in [0.717, 1.165) is 31.4 Å². The van der Waals surface area contributed by atoms with Crippen LogP contribution in [-0.2, 0) is 9.59 Å². The number of nitrogens with zero attached hydrogens (tertiary/aromatic N) is 1. The molecule has 0 aliphatic carbocycles. The summed E-state index contributed by atoms with van der Waals surface area (Å²) in [6.07, 6.45) is 5.00. The lowest BCUT2D eigenvalue weighted by molar-refractivity contribution is -0.133. The number of carbonyl (C=O) groups is 2. The molecule has 84 valence electrons. The van der Waals surface area contributed by atoms with Crippen molar-refractivity contribution in [2.24, 2.45) is 0 Å². The molecule has 0 radical (unpaired) electrons. The summed E-state index contributed by atoms with van der Waals surface area (Å²) in [6.45, 7) is 4.05. The summed E-state index contributed by atoms with van der Waals surface area (Å²) in [5, 5.41) is 8.44. The number of hydrogen-bond donors (Lipinski definition) is 1. The minimum Gasteiger partial charge on any atom is -0.478 e. The fourth-order valence-electron chi connectivity index (χ4n) is 2.10. The van der Waals surface area contributed by atoms with E-state index in [4.69, 9.17) is 5.11 Å². The van der Waals surface area contributed by atoms with Gasteiger partial charge in [-0.25, -0.2) is 4.79 Å². The summed E-state index contributed by atoms with van der Waals surface area (Å²) in [5.74, 6) is -1.27. The molecule has 4 heteroatoms. The van der Waals surface area contributed by atoms with Crippen LogP contribution in [0.1, 0.15) is 33.1 Å². The molecule has 1 aliphatic rings. The van der Waals surface area contributed by atoms with Crippen molar-refractivity contribution in [3.05, 3.63) is 12.2 Å². The quantitative estimate of drug-likeness (QED) is 0.718. The summed E-state index contributed by atoms with van der Waals surface area (Å²) < 4.78 is 0. The van der Waals surface area contributed by atoms with E-state index in [-0.39, 0.29) is 18.0 Å². The number of carboxylic acid groups (broad SMARTS) is 1. The number of rotatable bonds is 3. The van der Waals surface area contributed by atoms with Gasteiger partial charge in [-0.2, -0.15) is 0 Å². The van der Waals surface area contributed by atoms with Crippen LogP contribution in [0.25, 0.3) is 0 Å². The Morgan fingerprint density at radius 3 is 2.60 bits per heavy atom. The third kappa shape index (κ3) is 2.81. The summed E-state index contributed by atoms with van der Waals surface area (Å²) in [5.41, 5.74) is 0. The van der Waals surface area contributed by atoms with Gasteiger partial charge in [0.05, 0.1) is 0 Å². The molecule has 1 rings (SSSR count). The first-order valence-electron chi connectivity index (χ1n) is 5.29. The third-order valence-corrected chi connectivity index (χ3v) is 2.88. The third-order valence-electron chi connectivity index (χ3n) is 2.88.